The maximum absolute atomic E-state index is 12.4. The van der Waals surface area contributed by atoms with Gasteiger partial charge in [-0.1, -0.05) is 18.2 Å². The van der Waals surface area contributed by atoms with Crippen molar-refractivity contribution in [2.45, 2.75) is 43.9 Å². The molecule has 3 rings (SSSR count). The Morgan fingerprint density at radius 2 is 2.03 bits per heavy atom. The van der Waals surface area contributed by atoms with E-state index in [1.54, 1.807) is 43.5 Å². The lowest BCUT2D eigenvalue weighted by molar-refractivity contribution is -0.136. The topological polar surface area (TPSA) is 100 Å². The van der Waals surface area contributed by atoms with E-state index in [9.17, 15) is 14.7 Å². The molecule has 0 spiro atoms. The van der Waals surface area contributed by atoms with Gasteiger partial charge in [0.25, 0.3) is 0 Å². The molecule has 158 valence electrons. The quantitative estimate of drug-likeness (QED) is 0.630. The summed E-state index contributed by atoms with van der Waals surface area (Å²) in [5, 5.41) is 15.2. The normalized spacial score (nSPS) is 24.1. The van der Waals surface area contributed by atoms with Gasteiger partial charge in [-0.15, -0.1) is 0 Å². The number of carbonyl (C=O) groups excluding carboxylic acids is 2. The molecule has 1 saturated heterocycles. The average molecular weight is 403 g/mol. The lowest BCUT2D eigenvalue weighted by atomic mass is 10.0. The number of amides is 3. The Hall–Kier alpha value is -2.58. The van der Waals surface area contributed by atoms with E-state index >= 15 is 0 Å². The van der Waals surface area contributed by atoms with Crippen LogP contribution < -0.4 is 15.4 Å². The number of aliphatic hydroxyl groups is 1. The maximum atomic E-state index is 12.4. The highest BCUT2D eigenvalue weighted by Crippen LogP contribution is 2.19. The van der Waals surface area contributed by atoms with Gasteiger partial charge in [-0.2, -0.15) is 0 Å². The summed E-state index contributed by atoms with van der Waals surface area (Å²) in [4.78, 5) is 26.6. The van der Waals surface area contributed by atoms with Gasteiger partial charge in [-0.25, -0.2) is 4.79 Å². The molecule has 3 atom stereocenters. The van der Waals surface area contributed by atoms with Gasteiger partial charge in [0.1, 0.15) is 11.9 Å². The predicted molar refractivity (Wildman–Crippen MR) is 109 cm³/mol. The van der Waals surface area contributed by atoms with Crippen LogP contribution in [0.5, 0.6) is 5.75 Å². The maximum Gasteiger partial charge on any atom is 0.319 e. The van der Waals surface area contributed by atoms with Crippen molar-refractivity contribution >= 4 is 17.6 Å². The Morgan fingerprint density at radius 1 is 1.24 bits per heavy atom. The van der Waals surface area contributed by atoms with Crippen LogP contribution in [0, 0.1) is 0 Å². The van der Waals surface area contributed by atoms with Crippen molar-refractivity contribution in [2.75, 3.05) is 32.1 Å². The van der Waals surface area contributed by atoms with Gasteiger partial charge in [0.05, 0.1) is 32.3 Å². The van der Waals surface area contributed by atoms with Crippen molar-refractivity contribution in [2.24, 2.45) is 0 Å². The van der Waals surface area contributed by atoms with Gasteiger partial charge < -0.3 is 30.1 Å². The van der Waals surface area contributed by atoms with Gasteiger partial charge in [-0.05, 0) is 31.4 Å². The summed E-state index contributed by atoms with van der Waals surface area (Å²) >= 11 is 0. The van der Waals surface area contributed by atoms with Crippen LogP contribution in [0.15, 0.2) is 36.4 Å². The number of likely N-dealkylation sites (tertiary alicyclic amines) is 1. The van der Waals surface area contributed by atoms with Crippen LogP contribution in [0.1, 0.15) is 25.7 Å². The first-order chi connectivity index (χ1) is 14.1. The second-order valence-electron chi connectivity index (χ2n) is 7.28. The van der Waals surface area contributed by atoms with E-state index in [0.29, 0.717) is 11.4 Å². The van der Waals surface area contributed by atoms with Crippen LogP contribution in [0.4, 0.5) is 10.5 Å². The molecule has 0 saturated carbocycles. The smallest absolute Gasteiger partial charge is 0.319 e. The Labute approximate surface area is 170 Å². The number of urea groups is 1. The number of anilines is 1. The SMILES string of the molecule is COc1cccc(NC(=O)N[C@@H]2C=C[C@@H](CC(=O)N3CCCCC3)O[C@@H]2CO)c1. The lowest BCUT2D eigenvalue weighted by Gasteiger charge is -2.33. The second kappa shape index (κ2) is 10.3. The van der Waals surface area contributed by atoms with E-state index in [4.69, 9.17) is 9.47 Å². The molecule has 1 aromatic rings. The number of nitrogens with zero attached hydrogens (tertiary/aromatic N) is 1. The Bertz CT molecular complexity index is 733. The molecular weight excluding hydrogens is 374 g/mol. The monoisotopic (exact) mass is 403 g/mol. The van der Waals surface area contributed by atoms with Gasteiger partial charge in [0.15, 0.2) is 0 Å². The standard InChI is InChI=1S/C21H29N3O5/c1-28-16-7-5-6-15(12-16)22-21(27)23-18-9-8-17(29-19(18)14-25)13-20(26)24-10-3-2-4-11-24/h5-9,12,17-19,25H,2-4,10-11,13-14H2,1H3,(H2,22,23,27)/t17-,18+,19+/m0/s1. The van der Waals surface area contributed by atoms with Gasteiger partial charge in [-0.3, -0.25) is 4.79 Å². The van der Waals surface area contributed by atoms with E-state index in [1.807, 2.05) is 4.90 Å². The van der Waals surface area contributed by atoms with Crippen molar-refractivity contribution in [1.82, 2.24) is 10.2 Å². The number of hydrogen-bond donors (Lipinski definition) is 3. The fourth-order valence-corrected chi connectivity index (χ4v) is 3.60. The third-order valence-corrected chi connectivity index (χ3v) is 5.17. The molecule has 0 aliphatic carbocycles. The molecule has 3 amide bonds. The van der Waals surface area contributed by atoms with Crippen LogP contribution in [-0.2, 0) is 9.53 Å². The first-order valence-electron chi connectivity index (χ1n) is 10.0. The number of carbonyl (C=O) groups is 2. The van der Waals surface area contributed by atoms with Crippen LogP contribution >= 0.6 is 0 Å². The summed E-state index contributed by atoms with van der Waals surface area (Å²) in [7, 11) is 1.56. The number of ether oxygens (including phenoxy) is 2. The predicted octanol–water partition coefficient (Wildman–Crippen LogP) is 1.90. The fraction of sp³-hybridized carbons (Fsp3) is 0.524. The van der Waals surface area contributed by atoms with E-state index in [-0.39, 0.29) is 18.9 Å². The first kappa shape index (κ1) is 21.1. The van der Waals surface area contributed by atoms with Crippen molar-refractivity contribution in [1.29, 1.82) is 0 Å². The minimum absolute atomic E-state index is 0.0678. The van der Waals surface area contributed by atoms with Crippen molar-refractivity contribution in [3.8, 4) is 5.75 Å². The molecule has 2 heterocycles. The van der Waals surface area contributed by atoms with E-state index in [1.165, 1.54) is 6.42 Å². The first-order valence-corrected chi connectivity index (χ1v) is 10.0. The highest BCUT2D eigenvalue weighted by Gasteiger charge is 2.30. The van der Waals surface area contributed by atoms with Gasteiger partial charge in [0.2, 0.25) is 5.91 Å². The highest BCUT2D eigenvalue weighted by molar-refractivity contribution is 5.89. The number of methoxy groups -OCH3 is 1. The number of benzene rings is 1. The number of aliphatic hydroxyl groups excluding tert-OH is 1. The molecule has 3 N–H and O–H groups in total. The van der Waals surface area contributed by atoms with Crippen LogP contribution in [0.2, 0.25) is 0 Å². The summed E-state index contributed by atoms with van der Waals surface area (Å²) in [5.74, 6) is 0.705. The molecule has 2 aliphatic rings. The molecule has 8 nitrogen and oxygen atoms in total. The Balaban J connectivity index is 1.53. The average Bonchev–Trinajstić information content (AvgIpc) is 2.75. The number of piperidine rings is 1. The lowest BCUT2D eigenvalue weighted by Crippen LogP contribution is -2.50. The second-order valence-corrected chi connectivity index (χ2v) is 7.28. The Kier molecular flexibility index (Phi) is 7.48. The van der Waals surface area contributed by atoms with Crippen LogP contribution in [0.25, 0.3) is 0 Å². The number of nitrogens with one attached hydrogen (secondary N) is 2. The summed E-state index contributed by atoms with van der Waals surface area (Å²) in [6.45, 7) is 1.34. The fourth-order valence-electron chi connectivity index (χ4n) is 3.60. The summed E-state index contributed by atoms with van der Waals surface area (Å²) in [6.07, 6.45) is 6.04. The molecular formula is C21H29N3O5. The number of rotatable bonds is 6. The summed E-state index contributed by atoms with van der Waals surface area (Å²) in [5.41, 5.74) is 0.591. The van der Waals surface area contributed by atoms with E-state index in [0.717, 1.165) is 25.9 Å². The summed E-state index contributed by atoms with van der Waals surface area (Å²) < 4.78 is 11.0. The van der Waals surface area contributed by atoms with Crippen LogP contribution in [-0.4, -0.2) is 67.0 Å². The molecule has 0 unspecified atom stereocenters. The van der Waals surface area contributed by atoms with Crippen LogP contribution in [0.3, 0.4) is 0 Å². The summed E-state index contributed by atoms with van der Waals surface area (Å²) in [6, 6.07) is 6.11. The molecule has 2 aliphatic heterocycles. The minimum atomic E-state index is -0.616. The van der Waals surface area contributed by atoms with Gasteiger partial charge in [0, 0.05) is 24.8 Å². The third kappa shape index (κ3) is 5.95. The van der Waals surface area contributed by atoms with E-state index < -0.39 is 24.3 Å². The van der Waals surface area contributed by atoms with Crippen molar-refractivity contribution in [3.63, 3.8) is 0 Å². The van der Waals surface area contributed by atoms with E-state index in [2.05, 4.69) is 10.6 Å². The zero-order valence-corrected chi connectivity index (χ0v) is 16.7. The molecule has 0 aromatic heterocycles. The minimum Gasteiger partial charge on any atom is -0.497 e. The molecule has 0 radical (unpaired) electrons. The van der Waals surface area contributed by atoms with Crippen molar-refractivity contribution < 1.29 is 24.2 Å². The van der Waals surface area contributed by atoms with Gasteiger partial charge >= 0.3 is 6.03 Å². The Morgan fingerprint density at radius 3 is 2.76 bits per heavy atom. The molecule has 8 heteroatoms. The molecule has 29 heavy (non-hydrogen) atoms. The number of hydrogen-bond acceptors (Lipinski definition) is 5. The third-order valence-electron chi connectivity index (χ3n) is 5.17. The highest BCUT2D eigenvalue weighted by atomic mass is 16.5. The zero-order valence-electron chi connectivity index (χ0n) is 16.7. The van der Waals surface area contributed by atoms with Crippen molar-refractivity contribution in [3.05, 3.63) is 36.4 Å². The zero-order chi connectivity index (χ0) is 20.6. The molecule has 1 aromatic carbocycles. The molecule has 0 bridgehead atoms. The molecule has 1 fully saturated rings. The largest absolute Gasteiger partial charge is 0.497 e.